The lowest BCUT2D eigenvalue weighted by molar-refractivity contribution is 0.215. The molecule has 0 amide bonds. The van der Waals surface area contributed by atoms with Gasteiger partial charge in [-0.1, -0.05) is 17.7 Å². The summed E-state index contributed by atoms with van der Waals surface area (Å²) < 4.78 is 0. The normalized spacial score (nSPS) is 17.9. The Morgan fingerprint density at radius 1 is 1.39 bits per heavy atom. The molecule has 100 valence electrons. The number of para-hydroxylation sites is 1. The van der Waals surface area contributed by atoms with Crippen LogP contribution in [0.3, 0.4) is 0 Å². The fourth-order valence-electron chi connectivity index (χ4n) is 2.45. The molecule has 1 aliphatic rings. The van der Waals surface area contributed by atoms with E-state index in [1.165, 1.54) is 32.4 Å². The van der Waals surface area contributed by atoms with Crippen LogP contribution in [0.2, 0.25) is 5.02 Å². The number of hydrogen-bond acceptors (Lipinski definition) is 3. The standard InChI is InChI=1S/C14H22ClN3/c1-18-9-6-11(7-10-18)5-8-17-13-4-2-3-12(15)14(13)16/h2-4,11,17H,5-10,16H2,1H3. The van der Waals surface area contributed by atoms with E-state index in [0.717, 1.165) is 18.2 Å². The zero-order valence-corrected chi connectivity index (χ0v) is 11.7. The Morgan fingerprint density at radius 3 is 2.83 bits per heavy atom. The Balaban J connectivity index is 1.77. The maximum absolute atomic E-state index is 5.99. The van der Waals surface area contributed by atoms with Crippen LogP contribution < -0.4 is 11.1 Å². The maximum atomic E-state index is 5.99. The van der Waals surface area contributed by atoms with Gasteiger partial charge in [-0.15, -0.1) is 0 Å². The van der Waals surface area contributed by atoms with Crippen LogP contribution in [-0.4, -0.2) is 31.6 Å². The minimum absolute atomic E-state index is 0.624. The maximum Gasteiger partial charge on any atom is 0.0739 e. The van der Waals surface area contributed by atoms with Gasteiger partial charge in [0.1, 0.15) is 0 Å². The van der Waals surface area contributed by atoms with Crippen molar-refractivity contribution in [3.05, 3.63) is 23.2 Å². The van der Waals surface area contributed by atoms with E-state index in [-0.39, 0.29) is 0 Å². The number of benzene rings is 1. The Kier molecular flexibility index (Phi) is 4.72. The monoisotopic (exact) mass is 267 g/mol. The molecule has 1 aliphatic heterocycles. The van der Waals surface area contributed by atoms with E-state index in [4.69, 9.17) is 17.3 Å². The zero-order valence-electron chi connectivity index (χ0n) is 11.0. The van der Waals surface area contributed by atoms with Crippen LogP contribution in [0.25, 0.3) is 0 Å². The Hall–Kier alpha value is -0.930. The van der Waals surface area contributed by atoms with E-state index >= 15 is 0 Å². The molecule has 1 aromatic carbocycles. The summed E-state index contributed by atoms with van der Waals surface area (Å²) in [4.78, 5) is 2.40. The van der Waals surface area contributed by atoms with Crippen LogP contribution in [0.5, 0.6) is 0 Å². The largest absolute Gasteiger partial charge is 0.396 e. The van der Waals surface area contributed by atoms with Crippen LogP contribution >= 0.6 is 11.6 Å². The highest BCUT2D eigenvalue weighted by Gasteiger charge is 2.16. The lowest BCUT2D eigenvalue weighted by Gasteiger charge is -2.29. The summed E-state index contributed by atoms with van der Waals surface area (Å²) in [5.41, 5.74) is 7.53. The number of hydrogen-bond donors (Lipinski definition) is 2. The van der Waals surface area contributed by atoms with Crippen molar-refractivity contribution in [2.75, 3.05) is 37.7 Å². The fourth-order valence-corrected chi connectivity index (χ4v) is 2.63. The van der Waals surface area contributed by atoms with Crippen molar-refractivity contribution in [2.45, 2.75) is 19.3 Å². The van der Waals surface area contributed by atoms with Crippen molar-refractivity contribution in [3.8, 4) is 0 Å². The number of rotatable bonds is 4. The molecule has 0 spiro atoms. The van der Waals surface area contributed by atoms with E-state index in [1.54, 1.807) is 0 Å². The number of nitrogens with zero attached hydrogens (tertiary/aromatic N) is 1. The molecular formula is C14H22ClN3. The third kappa shape index (κ3) is 3.53. The van der Waals surface area contributed by atoms with Gasteiger partial charge in [0, 0.05) is 6.54 Å². The number of nitrogens with one attached hydrogen (secondary N) is 1. The molecule has 0 saturated carbocycles. The van der Waals surface area contributed by atoms with Crippen LogP contribution in [0, 0.1) is 5.92 Å². The molecular weight excluding hydrogens is 246 g/mol. The van der Waals surface area contributed by atoms with Gasteiger partial charge >= 0.3 is 0 Å². The second-order valence-corrected chi connectivity index (χ2v) is 5.57. The van der Waals surface area contributed by atoms with E-state index in [2.05, 4.69) is 17.3 Å². The Bertz CT molecular complexity index is 387. The van der Waals surface area contributed by atoms with E-state index in [0.29, 0.717) is 10.7 Å². The van der Waals surface area contributed by atoms with E-state index in [1.807, 2.05) is 18.2 Å². The predicted molar refractivity (Wildman–Crippen MR) is 79.2 cm³/mol. The fraction of sp³-hybridized carbons (Fsp3) is 0.571. The number of piperidine rings is 1. The third-order valence-electron chi connectivity index (χ3n) is 3.76. The first-order valence-corrected chi connectivity index (χ1v) is 7.01. The quantitative estimate of drug-likeness (QED) is 0.824. The second kappa shape index (κ2) is 6.30. The second-order valence-electron chi connectivity index (χ2n) is 5.16. The average Bonchev–Trinajstić information content (AvgIpc) is 2.37. The summed E-state index contributed by atoms with van der Waals surface area (Å²) >= 11 is 5.99. The van der Waals surface area contributed by atoms with Crippen molar-refractivity contribution < 1.29 is 0 Å². The van der Waals surface area contributed by atoms with Gasteiger partial charge in [0.05, 0.1) is 16.4 Å². The highest BCUT2D eigenvalue weighted by atomic mass is 35.5. The smallest absolute Gasteiger partial charge is 0.0739 e. The predicted octanol–water partition coefficient (Wildman–Crippen LogP) is 3.07. The average molecular weight is 268 g/mol. The first-order chi connectivity index (χ1) is 8.66. The molecule has 1 saturated heterocycles. The summed E-state index contributed by atoms with van der Waals surface area (Å²) in [7, 11) is 2.20. The highest BCUT2D eigenvalue weighted by molar-refractivity contribution is 6.33. The molecule has 0 aromatic heterocycles. The lowest BCUT2D eigenvalue weighted by Crippen LogP contribution is -2.30. The molecule has 2 rings (SSSR count). The Labute approximate surface area is 114 Å². The summed E-state index contributed by atoms with van der Waals surface area (Å²) in [6, 6.07) is 5.73. The summed E-state index contributed by atoms with van der Waals surface area (Å²) in [6.07, 6.45) is 3.83. The molecule has 0 atom stereocenters. The number of nitrogen functional groups attached to an aromatic ring is 1. The van der Waals surface area contributed by atoms with Gasteiger partial charge in [-0.2, -0.15) is 0 Å². The molecule has 1 fully saturated rings. The minimum Gasteiger partial charge on any atom is -0.396 e. The van der Waals surface area contributed by atoms with Crippen LogP contribution in [-0.2, 0) is 0 Å². The van der Waals surface area contributed by atoms with Gasteiger partial charge in [0.25, 0.3) is 0 Å². The van der Waals surface area contributed by atoms with Gasteiger partial charge in [-0.25, -0.2) is 0 Å². The van der Waals surface area contributed by atoms with E-state index < -0.39 is 0 Å². The molecule has 3 N–H and O–H groups in total. The Morgan fingerprint density at radius 2 is 2.11 bits per heavy atom. The van der Waals surface area contributed by atoms with Crippen molar-refractivity contribution in [1.82, 2.24) is 4.90 Å². The molecule has 0 radical (unpaired) electrons. The number of likely N-dealkylation sites (tertiary alicyclic amines) is 1. The number of nitrogens with two attached hydrogens (primary N) is 1. The molecule has 0 bridgehead atoms. The van der Waals surface area contributed by atoms with Crippen LogP contribution in [0.15, 0.2) is 18.2 Å². The molecule has 1 heterocycles. The van der Waals surface area contributed by atoms with Gasteiger partial charge in [0.2, 0.25) is 0 Å². The topological polar surface area (TPSA) is 41.3 Å². The first kappa shape index (κ1) is 13.5. The third-order valence-corrected chi connectivity index (χ3v) is 4.09. The van der Waals surface area contributed by atoms with Gasteiger partial charge in [-0.3, -0.25) is 0 Å². The first-order valence-electron chi connectivity index (χ1n) is 6.63. The van der Waals surface area contributed by atoms with Crippen LogP contribution in [0.4, 0.5) is 11.4 Å². The van der Waals surface area contributed by atoms with Crippen LogP contribution in [0.1, 0.15) is 19.3 Å². The lowest BCUT2D eigenvalue weighted by atomic mass is 9.94. The molecule has 18 heavy (non-hydrogen) atoms. The summed E-state index contributed by atoms with van der Waals surface area (Å²) in [5, 5.41) is 4.01. The van der Waals surface area contributed by atoms with Gasteiger partial charge < -0.3 is 16.0 Å². The van der Waals surface area contributed by atoms with Gasteiger partial charge in [0.15, 0.2) is 0 Å². The minimum atomic E-state index is 0.624. The summed E-state index contributed by atoms with van der Waals surface area (Å²) in [5.74, 6) is 0.842. The molecule has 4 heteroatoms. The molecule has 1 aromatic rings. The zero-order chi connectivity index (χ0) is 13.0. The van der Waals surface area contributed by atoms with Gasteiger partial charge in [-0.05, 0) is 57.5 Å². The van der Waals surface area contributed by atoms with Crippen molar-refractivity contribution in [3.63, 3.8) is 0 Å². The highest BCUT2D eigenvalue weighted by Crippen LogP contribution is 2.27. The number of halogens is 1. The molecule has 0 unspecified atom stereocenters. The molecule has 3 nitrogen and oxygen atoms in total. The number of anilines is 2. The molecule has 0 aliphatic carbocycles. The van der Waals surface area contributed by atoms with E-state index in [9.17, 15) is 0 Å². The van der Waals surface area contributed by atoms with Crippen molar-refractivity contribution in [1.29, 1.82) is 0 Å². The van der Waals surface area contributed by atoms with Crippen molar-refractivity contribution >= 4 is 23.0 Å². The van der Waals surface area contributed by atoms with Crippen molar-refractivity contribution in [2.24, 2.45) is 5.92 Å². The SMILES string of the molecule is CN1CCC(CCNc2cccc(Cl)c2N)CC1. The summed E-state index contributed by atoms with van der Waals surface area (Å²) in [6.45, 7) is 3.42.